The molecule has 11 heteroatoms. The van der Waals surface area contributed by atoms with Crippen molar-refractivity contribution in [2.24, 2.45) is 17.2 Å². The summed E-state index contributed by atoms with van der Waals surface area (Å²) < 4.78 is 4.63. The Labute approximate surface area is 198 Å². The number of carbonyl (C=O) groups excluding carboxylic acids is 2. The first-order chi connectivity index (χ1) is 15.9. The molecule has 0 aromatic heterocycles. The lowest BCUT2D eigenvalue weighted by Crippen LogP contribution is -2.48. The molecule has 11 nitrogen and oxygen atoms in total. The van der Waals surface area contributed by atoms with E-state index >= 15 is 0 Å². The van der Waals surface area contributed by atoms with Crippen LogP contribution in [0.4, 0.5) is 4.79 Å². The third-order valence-electron chi connectivity index (χ3n) is 5.18. The van der Waals surface area contributed by atoms with Crippen molar-refractivity contribution < 1.29 is 24.2 Å². The second-order valence-corrected chi connectivity index (χ2v) is 8.17. The van der Waals surface area contributed by atoms with Crippen LogP contribution >= 0.6 is 0 Å². The Bertz CT molecular complexity index is 524. The predicted octanol–water partition coefficient (Wildman–Crippen LogP) is 0.361. The Morgan fingerprint density at radius 2 is 1.45 bits per heavy atom. The zero-order valence-electron chi connectivity index (χ0n) is 20.1. The minimum absolute atomic E-state index is 0.0926. The minimum Gasteiger partial charge on any atom is -0.450 e. The van der Waals surface area contributed by atoms with Gasteiger partial charge in [0.15, 0.2) is 0 Å². The highest BCUT2D eigenvalue weighted by Gasteiger charge is 2.20. The average molecular weight is 475 g/mol. The lowest BCUT2D eigenvalue weighted by molar-refractivity contribution is -0.135. The van der Waals surface area contributed by atoms with Gasteiger partial charge in [0.05, 0.1) is 19.1 Å². The molecule has 0 aromatic carbocycles. The molecule has 0 aliphatic carbocycles. The number of nitrogens with zero attached hydrogens (tertiary/aromatic N) is 1. The van der Waals surface area contributed by atoms with Crippen LogP contribution in [0.25, 0.3) is 0 Å². The lowest BCUT2D eigenvalue weighted by Gasteiger charge is -2.24. The molecule has 0 aliphatic rings. The van der Waals surface area contributed by atoms with E-state index in [1.54, 1.807) is 0 Å². The van der Waals surface area contributed by atoms with Crippen molar-refractivity contribution in [3.05, 3.63) is 0 Å². The maximum absolute atomic E-state index is 12.7. The number of carboxylic acid groups (broad SMARTS) is 1. The average Bonchev–Trinajstić information content (AvgIpc) is 2.78. The van der Waals surface area contributed by atoms with E-state index in [1.807, 2.05) is 0 Å². The maximum Gasteiger partial charge on any atom is 0.505 e. The number of hydrogen-bond donors (Lipinski definition) is 6. The van der Waals surface area contributed by atoms with Gasteiger partial charge in [-0.1, -0.05) is 25.7 Å². The van der Waals surface area contributed by atoms with Crippen molar-refractivity contribution in [2.75, 3.05) is 52.4 Å². The molecule has 0 saturated heterocycles. The first-order valence-electron chi connectivity index (χ1n) is 12.2. The molecule has 0 aliphatic heterocycles. The predicted molar refractivity (Wildman–Crippen MR) is 129 cm³/mol. The van der Waals surface area contributed by atoms with Gasteiger partial charge in [0.1, 0.15) is 6.61 Å². The summed E-state index contributed by atoms with van der Waals surface area (Å²) in [7, 11) is 0. The molecule has 0 unspecified atom stereocenters. The fraction of sp³-hybridized carbons (Fsp3) is 0.864. The Hall–Kier alpha value is -1.95. The molecule has 0 radical (unpaired) electrons. The topological polar surface area (TPSA) is 186 Å². The van der Waals surface area contributed by atoms with Gasteiger partial charge in [0.25, 0.3) is 0 Å². The van der Waals surface area contributed by atoms with Crippen LogP contribution < -0.4 is 27.8 Å². The second kappa shape index (κ2) is 21.9. The number of carbonyl (C=O) groups is 3. The molecule has 1 atom stereocenters. The number of hydrogen-bond acceptors (Lipinski definition) is 8. The van der Waals surface area contributed by atoms with E-state index in [2.05, 4.69) is 15.4 Å². The lowest BCUT2D eigenvalue weighted by atomic mass is 10.1. The normalized spacial score (nSPS) is 11.7. The number of nitrogens with two attached hydrogens (primary N) is 3. The summed E-state index contributed by atoms with van der Waals surface area (Å²) in [6.45, 7) is 2.88. The van der Waals surface area contributed by atoms with Gasteiger partial charge in [0, 0.05) is 6.54 Å². The van der Waals surface area contributed by atoms with Crippen LogP contribution in [0.5, 0.6) is 0 Å². The van der Waals surface area contributed by atoms with Gasteiger partial charge in [-0.2, -0.15) is 0 Å². The van der Waals surface area contributed by atoms with Crippen molar-refractivity contribution in [2.45, 2.75) is 70.3 Å². The zero-order valence-corrected chi connectivity index (χ0v) is 20.1. The van der Waals surface area contributed by atoms with Crippen molar-refractivity contribution in [1.82, 2.24) is 15.5 Å². The molecule has 0 bridgehead atoms. The number of nitrogens with one attached hydrogen (secondary N) is 2. The van der Waals surface area contributed by atoms with E-state index in [-0.39, 0.29) is 31.5 Å². The van der Waals surface area contributed by atoms with Gasteiger partial charge in [-0.3, -0.25) is 9.59 Å². The van der Waals surface area contributed by atoms with Gasteiger partial charge >= 0.3 is 6.16 Å². The van der Waals surface area contributed by atoms with Crippen molar-refractivity contribution in [1.29, 1.82) is 0 Å². The van der Waals surface area contributed by atoms with Gasteiger partial charge in [-0.05, 0) is 64.7 Å². The maximum atomic E-state index is 12.7. The SMILES string of the molecule is NCCCCCCCNCC(=O)N(CCCCN)CC(=O)N[C@H](CCCCN)COC(=O)O. The number of rotatable bonds is 22. The standard InChI is InChI=1S/C22H46N6O5/c23-11-5-2-1-3-8-14-26-16-21(30)28(15-9-7-13-25)17-20(29)27-19(10-4-6-12-24)18-33-22(31)32/h19,26H,1-18,23-25H2,(H,27,29)(H,31,32)/t19-/m1/s1. The largest absolute Gasteiger partial charge is 0.505 e. The Morgan fingerprint density at radius 3 is 2.12 bits per heavy atom. The third-order valence-corrected chi connectivity index (χ3v) is 5.18. The molecular weight excluding hydrogens is 428 g/mol. The van der Waals surface area contributed by atoms with Crippen LogP contribution in [-0.4, -0.2) is 86.4 Å². The summed E-state index contributed by atoms with van der Waals surface area (Å²) in [6.07, 6.45) is 7.51. The number of unbranched alkanes of at least 4 members (excludes halogenated alkanes) is 6. The summed E-state index contributed by atoms with van der Waals surface area (Å²) in [5.74, 6) is -0.491. The fourth-order valence-electron chi connectivity index (χ4n) is 3.32. The Balaban J connectivity index is 4.58. The summed E-state index contributed by atoms with van der Waals surface area (Å²) in [5.41, 5.74) is 16.6. The first-order valence-corrected chi connectivity index (χ1v) is 12.2. The van der Waals surface area contributed by atoms with Gasteiger partial charge in [-0.15, -0.1) is 0 Å². The molecule has 0 aromatic rings. The van der Waals surface area contributed by atoms with Crippen molar-refractivity contribution in [3.63, 3.8) is 0 Å². The van der Waals surface area contributed by atoms with Crippen molar-refractivity contribution >= 4 is 18.0 Å². The second-order valence-electron chi connectivity index (χ2n) is 8.17. The molecule has 0 spiro atoms. The smallest absolute Gasteiger partial charge is 0.450 e. The quantitative estimate of drug-likeness (QED) is 0.0951. The highest BCUT2D eigenvalue weighted by molar-refractivity contribution is 5.85. The van der Waals surface area contributed by atoms with Gasteiger partial charge in [0.2, 0.25) is 11.8 Å². The summed E-state index contributed by atoms with van der Waals surface area (Å²) >= 11 is 0. The van der Waals surface area contributed by atoms with Crippen LogP contribution in [0, 0.1) is 0 Å². The summed E-state index contributed by atoms with van der Waals surface area (Å²) in [4.78, 5) is 37.5. The van der Waals surface area contributed by atoms with E-state index in [1.165, 1.54) is 4.90 Å². The number of ether oxygens (including phenoxy) is 1. The molecule has 194 valence electrons. The van der Waals surface area contributed by atoms with Crippen LogP contribution in [0.2, 0.25) is 0 Å². The van der Waals surface area contributed by atoms with Crippen molar-refractivity contribution in [3.8, 4) is 0 Å². The van der Waals surface area contributed by atoms with Crippen LogP contribution in [0.15, 0.2) is 0 Å². The molecule has 2 amide bonds. The van der Waals surface area contributed by atoms with E-state index in [0.29, 0.717) is 32.5 Å². The molecule has 0 rings (SSSR count). The monoisotopic (exact) mass is 474 g/mol. The molecule has 0 fully saturated rings. The number of amides is 2. The van der Waals surface area contributed by atoms with Gasteiger partial charge < -0.3 is 42.6 Å². The van der Waals surface area contributed by atoms with E-state index < -0.39 is 12.2 Å². The van der Waals surface area contributed by atoms with E-state index in [0.717, 1.165) is 64.5 Å². The van der Waals surface area contributed by atoms with Crippen LogP contribution in [-0.2, 0) is 14.3 Å². The van der Waals surface area contributed by atoms with E-state index in [9.17, 15) is 14.4 Å². The summed E-state index contributed by atoms with van der Waals surface area (Å²) in [6, 6.07) is -0.460. The third kappa shape index (κ3) is 19.2. The zero-order chi connectivity index (χ0) is 24.7. The fourth-order valence-corrected chi connectivity index (χ4v) is 3.32. The summed E-state index contributed by atoms with van der Waals surface area (Å²) in [5, 5.41) is 14.7. The highest BCUT2D eigenvalue weighted by atomic mass is 16.7. The molecule has 0 heterocycles. The minimum atomic E-state index is -1.39. The molecular formula is C22H46N6O5. The van der Waals surface area contributed by atoms with Crippen LogP contribution in [0.3, 0.4) is 0 Å². The van der Waals surface area contributed by atoms with E-state index in [4.69, 9.17) is 22.3 Å². The van der Waals surface area contributed by atoms with Gasteiger partial charge in [-0.25, -0.2) is 4.79 Å². The highest BCUT2D eigenvalue weighted by Crippen LogP contribution is 2.04. The Morgan fingerprint density at radius 1 is 0.848 bits per heavy atom. The Kier molecular flexibility index (Phi) is 20.6. The molecule has 9 N–H and O–H groups in total. The first kappa shape index (κ1) is 31.0. The van der Waals surface area contributed by atoms with Crippen LogP contribution in [0.1, 0.15) is 64.2 Å². The molecule has 33 heavy (non-hydrogen) atoms. The molecule has 0 saturated carbocycles.